The Morgan fingerprint density at radius 1 is 1.04 bits per heavy atom. The quantitative estimate of drug-likeness (QED) is 0.253. The normalized spacial score (nSPS) is 21.4. The third-order valence-corrected chi connectivity index (χ3v) is 11.7. The summed E-state index contributed by atoms with van der Waals surface area (Å²) in [6.07, 6.45) is 7.95. The van der Waals surface area contributed by atoms with Gasteiger partial charge in [0, 0.05) is 106 Å². The van der Waals surface area contributed by atoms with Gasteiger partial charge < -0.3 is 29.3 Å². The predicted molar refractivity (Wildman–Crippen MR) is 191 cm³/mol. The zero-order chi connectivity index (χ0) is 36.9. The topological polar surface area (TPSA) is 107 Å². The van der Waals surface area contributed by atoms with Crippen LogP contribution in [0.3, 0.4) is 0 Å². The standard InChI is InChI=1S/C39H48F3N7O4/c1-25(2)49(28-13-39(41,42)14-28)37(51)30-12-27(40)4-5-33(30)53-35-17-43-24-45-36(35)48-22-38(23-48)15-29(16-38)52-34-6-8-44-32-7-11-46(20-31(32)34)9-3-10-47-18-26(19-47)21-50/h4-6,8,12,17,24-26,28-29,50H,3,7,9-11,13-16,18-23H2,1-2H3. The molecule has 5 heterocycles. The van der Waals surface area contributed by atoms with Crippen molar-refractivity contribution in [3.8, 4) is 17.2 Å². The Morgan fingerprint density at radius 3 is 2.55 bits per heavy atom. The van der Waals surface area contributed by atoms with E-state index in [2.05, 4.69) is 29.7 Å². The number of halogens is 3. The number of alkyl halides is 2. The van der Waals surface area contributed by atoms with Crippen LogP contribution in [0.1, 0.15) is 67.6 Å². The van der Waals surface area contributed by atoms with E-state index in [1.165, 1.54) is 35.1 Å². The molecule has 0 bridgehead atoms. The van der Waals surface area contributed by atoms with Gasteiger partial charge in [-0.3, -0.25) is 14.7 Å². The number of carbonyl (C=O) groups is 1. The van der Waals surface area contributed by atoms with Crippen LogP contribution in [0.4, 0.5) is 19.0 Å². The number of amides is 1. The summed E-state index contributed by atoms with van der Waals surface area (Å²) >= 11 is 0. The number of nitrogens with zero attached hydrogens (tertiary/aromatic N) is 7. The second-order valence-electron chi connectivity index (χ2n) is 16.1. The number of aromatic nitrogens is 3. The van der Waals surface area contributed by atoms with Crippen molar-refractivity contribution in [2.75, 3.05) is 57.3 Å². The number of ether oxygens (including phenoxy) is 2. The van der Waals surface area contributed by atoms with Gasteiger partial charge in [0.05, 0.1) is 11.8 Å². The largest absolute Gasteiger partial charge is 0.490 e. The molecule has 14 heteroatoms. The minimum Gasteiger partial charge on any atom is -0.490 e. The third-order valence-electron chi connectivity index (χ3n) is 11.7. The average molecular weight is 736 g/mol. The Kier molecular flexibility index (Phi) is 9.73. The monoisotopic (exact) mass is 735 g/mol. The van der Waals surface area contributed by atoms with Gasteiger partial charge in [-0.05, 0) is 70.5 Å². The van der Waals surface area contributed by atoms with Crippen molar-refractivity contribution in [2.45, 2.75) is 83.0 Å². The molecule has 0 unspecified atom stereocenters. The third kappa shape index (κ3) is 7.42. The number of likely N-dealkylation sites (tertiary alicyclic amines) is 1. The van der Waals surface area contributed by atoms with E-state index < -0.39 is 36.5 Å². The van der Waals surface area contributed by atoms with Gasteiger partial charge in [-0.25, -0.2) is 23.1 Å². The molecule has 8 rings (SSSR count). The fourth-order valence-corrected chi connectivity index (χ4v) is 8.89. The van der Waals surface area contributed by atoms with Crippen molar-refractivity contribution in [1.82, 2.24) is 29.7 Å². The molecule has 284 valence electrons. The van der Waals surface area contributed by atoms with Gasteiger partial charge in [0.2, 0.25) is 0 Å². The maximum Gasteiger partial charge on any atom is 0.258 e. The second-order valence-corrected chi connectivity index (χ2v) is 16.1. The van der Waals surface area contributed by atoms with E-state index in [-0.39, 0.29) is 35.5 Å². The van der Waals surface area contributed by atoms with Gasteiger partial charge in [0.1, 0.15) is 29.7 Å². The number of rotatable bonds is 13. The molecule has 1 aromatic carbocycles. The van der Waals surface area contributed by atoms with Gasteiger partial charge in [-0.2, -0.15) is 0 Å². The summed E-state index contributed by atoms with van der Waals surface area (Å²) in [5.41, 5.74) is 2.38. The van der Waals surface area contributed by atoms with Crippen molar-refractivity contribution in [3.05, 3.63) is 65.6 Å². The molecule has 2 saturated heterocycles. The number of hydrogen-bond acceptors (Lipinski definition) is 10. The van der Waals surface area contributed by atoms with E-state index in [4.69, 9.17) is 9.47 Å². The van der Waals surface area contributed by atoms with Crippen LogP contribution in [0, 0.1) is 17.2 Å². The first-order valence-corrected chi connectivity index (χ1v) is 18.9. The Bertz CT molecular complexity index is 1800. The lowest BCUT2D eigenvalue weighted by Crippen LogP contribution is -2.65. The zero-order valence-corrected chi connectivity index (χ0v) is 30.4. The summed E-state index contributed by atoms with van der Waals surface area (Å²) in [5.74, 6) is -1.60. The molecule has 2 aliphatic carbocycles. The van der Waals surface area contributed by atoms with Crippen molar-refractivity contribution in [2.24, 2.45) is 11.3 Å². The zero-order valence-electron chi connectivity index (χ0n) is 30.4. The SMILES string of the molecule is CC(C)N(C(=O)c1cc(F)ccc1Oc1cncnc1N1CC2(CC(Oc3ccnc4c3CN(CCCN3CC(CO)C3)CC4)C2)C1)C1CC(F)(F)C1. The summed E-state index contributed by atoms with van der Waals surface area (Å²) < 4.78 is 54.9. The molecular weight excluding hydrogens is 687 g/mol. The molecule has 53 heavy (non-hydrogen) atoms. The number of aliphatic hydroxyl groups is 1. The highest BCUT2D eigenvalue weighted by Crippen LogP contribution is 2.52. The first-order valence-electron chi connectivity index (χ1n) is 18.9. The van der Waals surface area contributed by atoms with Gasteiger partial charge in [0.15, 0.2) is 11.6 Å². The molecule has 0 atom stereocenters. The van der Waals surface area contributed by atoms with E-state index in [1.54, 1.807) is 13.8 Å². The van der Waals surface area contributed by atoms with Crippen LogP contribution in [0.2, 0.25) is 0 Å². The van der Waals surface area contributed by atoms with Crippen LogP contribution in [0.25, 0.3) is 0 Å². The molecule has 0 radical (unpaired) electrons. The summed E-state index contributed by atoms with van der Waals surface area (Å²) in [7, 11) is 0. The molecule has 5 aliphatic rings. The van der Waals surface area contributed by atoms with Crippen LogP contribution in [0.5, 0.6) is 17.2 Å². The van der Waals surface area contributed by atoms with Crippen LogP contribution >= 0.6 is 0 Å². The molecule has 3 aromatic rings. The van der Waals surface area contributed by atoms with Crippen molar-refractivity contribution >= 4 is 11.7 Å². The number of benzene rings is 1. The van der Waals surface area contributed by atoms with Crippen molar-refractivity contribution in [1.29, 1.82) is 0 Å². The molecule has 2 saturated carbocycles. The molecule has 1 N–H and O–H groups in total. The highest BCUT2D eigenvalue weighted by atomic mass is 19.3. The maximum absolute atomic E-state index is 14.5. The van der Waals surface area contributed by atoms with Crippen LogP contribution in [-0.4, -0.2) is 117 Å². The van der Waals surface area contributed by atoms with E-state index >= 15 is 0 Å². The van der Waals surface area contributed by atoms with E-state index in [1.807, 2.05) is 12.3 Å². The van der Waals surface area contributed by atoms with Gasteiger partial charge in [0.25, 0.3) is 11.8 Å². The van der Waals surface area contributed by atoms with E-state index in [9.17, 15) is 23.1 Å². The molecule has 2 aromatic heterocycles. The number of carbonyl (C=O) groups excluding carboxylic acids is 1. The predicted octanol–water partition coefficient (Wildman–Crippen LogP) is 5.17. The van der Waals surface area contributed by atoms with E-state index in [0.29, 0.717) is 17.5 Å². The smallest absolute Gasteiger partial charge is 0.258 e. The maximum atomic E-state index is 14.5. The fourth-order valence-electron chi connectivity index (χ4n) is 8.89. The van der Waals surface area contributed by atoms with Crippen LogP contribution < -0.4 is 14.4 Å². The minimum absolute atomic E-state index is 0.0344. The first kappa shape index (κ1) is 36.0. The highest BCUT2D eigenvalue weighted by molar-refractivity contribution is 5.97. The van der Waals surface area contributed by atoms with Gasteiger partial charge >= 0.3 is 0 Å². The molecule has 3 aliphatic heterocycles. The summed E-state index contributed by atoms with van der Waals surface area (Å²) in [4.78, 5) is 35.5. The summed E-state index contributed by atoms with van der Waals surface area (Å²) in [6, 6.07) is 4.69. The lowest BCUT2D eigenvalue weighted by Gasteiger charge is -2.59. The molecule has 11 nitrogen and oxygen atoms in total. The lowest BCUT2D eigenvalue weighted by atomic mass is 9.61. The summed E-state index contributed by atoms with van der Waals surface area (Å²) in [5, 5.41) is 9.28. The molecule has 4 fully saturated rings. The number of fused-ring (bicyclic) bond motifs is 1. The van der Waals surface area contributed by atoms with Gasteiger partial charge in [-0.1, -0.05) is 0 Å². The van der Waals surface area contributed by atoms with Crippen molar-refractivity contribution in [3.63, 3.8) is 0 Å². The number of pyridine rings is 1. The van der Waals surface area contributed by atoms with Crippen LogP contribution in [-0.2, 0) is 13.0 Å². The average Bonchev–Trinajstić information content (AvgIpc) is 3.06. The molecular formula is C39H48F3N7O4. The number of anilines is 1. The van der Waals surface area contributed by atoms with Crippen molar-refractivity contribution < 1.29 is 32.5 Å². The fraction of sp³-hybridized carbons (Fsp3) is 0.590. The minimum atomic E-state index is -2.81. The Balaban J connectivity index is 0.873. The highest BCUT2D eigenvalue weighted by Gasteiger charge is 2.54. The number of aliphatic hydroxyl groups excluding tert-OH is 1. The Morgan fingerprint density at radius 2 is 1.81 bits per heavy atom. The lowest BCUT2D eigenvalue weighted by molar-refractivity contribution is -0.120. The molecule has 1 spiro atoms. The Hall–Kier alpha value is -4.01. The van der Waals surface area contributed by atoms with E-state index in [0.717, 1.165) is 95.6 Å². The summed E-state index contributed by atoms with van der Waals surface area (Å²) in [6.45, 7) is 11.3. The Labute approximate surface area is 308 Å². The second kappa shape index (κ2) is 14.3. The van der Waals surface area contributed by atoms with Gasteiger partial charge in [-0.15, -0.1) is 0 Å². The molecule has 1 amide bonds. The first-order chi connectivity index (χ1) is 25.5. The van der Waals surface area contributed by atoms with Crippen LogP contribution in [0.15, 0.2) is 43.0 Å². The number of hydrogen-bond donors (Lipinski definition) is 1.